The molecule has 96 valence electrons. The van der Waals surface area contributed by atoms with Crippen molar-refractivity contribution in [3.8, 4) is 0 Å². The van der Waals surface area contributed by atoms with Crippen molar-refractivity contribution >= 4 is 5.71 Å². The first-order chi connectivity index (χ1) is 9.34. The van der Waals surface area contributed by atoms with E-state index in [2.05, 4.69) is 29.4 Å². The Morgan fingerprint density at radius 1 is 1.11 bits per heavy atom. The van der Waals surface area contributed by atoms with Crippen molar-refractivity contribution < 1.29 is 4.84 Å². The summed E-state index contributed by atoms with van der Waals surface area (Å²) < 4.78 is 0. The Hall–Kier alpha value is -2.09. The fraction of sp³-hybridized carbons (Fsp3) is 0.235. The molecule has 0 unspecified atom stereocenters. The third-order valence-electron chi connectivity index (χ3n) is 3.64. The van der Waals surface area contributed by atoms with Crippen LogP contribution < -0.4 is 0 Å². The zero-order chi connectivity index (χ0) is 13.1. The van der Waals surface area contributed by atoms with Crippen molar-refractivity contribution in [1.29, 1.82) is 0 Å². The molecule has 1 aliphatic rings. The van der Waals surface area contributed by atoms with E-state index in [-0.39, 0.29) is 0 Å². The van der Waals surface area contributed by atoms with E-state index in [0.29, 0.717) is 12.5 Å². The van der Waals surface area contributed by atoms with Gasteiger partial charge >= 0.3 is 0 Å². The lowest BCUT2D eigenvalue weighted by atomic mass is 9.75. The number of hydrogen-bond acceptors (Lipinski definition) is 2. The first-order valence-corrected chi connectivity index (χ1v) is 6.63. The lowest BCUT2D eigenvalue weighted by Crippen LogP contribution is -2.23. The normalized spacial score (nSPS) is 17.5. The van der Waals surface area contributed by atoms with Gasteiger partial charge in [-0.15, -0.1) is 0 Å². The molecule has 0 saturated carbocycles. The van der Waals surface area contributed by atoms with Gasteiger partial charge in [0.1, 0.15) is 6.61 Å². The predicted molar refractivity (Wildman–Crippen MR) is 77.2 cm³/mol. The molecule has 3 rings (SSSR count). The first kappa shape index (κ1) is 12.0. The van der Waals surface area contributed by atoms with E-state index in [1.807, 2.05) is 37.3 Å². The molecule has 0 saturated heterocycles. The second kappa shape index (κ2) is 5.27. The van der Waals surface area contributed by atoms with Crippen molar-refractivity contribution in [3.05, 3.63) is 71.3 Å². The molecule has 0 aromatic heterocycles. The van der Waals surface area contributed by atoms with Gasteiger partial charge in [-0.05, 0) is 30.0 Å². The van der Waals surface area contributed by atoms with E-state index >= 15 is 0 Å². The molecule has 2 heteroatoms. The minimum absolute atomic E-state index is 0.437. The van der Waals surface area contributed by atoms with E-state index in [1.54, 1.807) is 0 Å². The molecule has 2 aromatic carbocycles. The highest BCUT2D eigenvalue weighted by Gasteiger charge is 2.27. The lowest BCUT2D eigenvalue weighted by molar-refractivity contribution is 0.129. The van der Waals surface area contributed by atoms with Crippen LogP contribution in [0.4, 0.5) is 0 Å². The van der Waals surface area contributed by atoms with Gasteiger partial charge in [0, 0.05) is 5.92 Å². The molecule has 19 heavy (non-hydrogen) atoms. The fourth-order valence-corrected chi connectivity index (χ4v) is 2.48. The lowest BCUT2D eigenvalue weighted by Gasteiger charge is -2.29. The average molecular weight is 251 g/mol. The Morgan fingerprint density at radius 3 is 2.63 bits per heavy atom. The molecule has 0 radical (unpaired) electrons. The second-order valence-corrected chi connectivity index (χ2v) is 4.95. The standard InChI is InChI=1S/C17H17NO/c1-13(17-11-15-9-5-6-10-16(15)17)18-19-12-14-7-3-2-4-8-14/h2-10,17H,11-12H2,1H3/b18-13-/t17-/m1/s1. The maximum Gasteiger partial charge on any atom is 0.142 e. The third-order valence-corrected chi connectivity index (χ3v) is 3.64. The van der Waals surface area contributed by atoms with E-state index < -0.39 is 0 Å². The molecule has 0 spiro atoms. The second-order valence-electron chi connectivity index (χ2n) is 4.95. The molecule has 2 aromatic rings. The molecule has 0 fully saturated rings. The monoisotopic (exact) mass is 251 g/mol. The maximum atomic E-state index is 5.44. The number of nitrogens with zero attached hydrogens (tertiary/aromatic N) is 1. The molecule has 0 heterocycles. The summed E-state index contributed by atoms with van der Waals surface area (Å²) in [6, 6.07) is 18.7. The zero-order valence-corrected chi connectivity index (χ0v) is 11.0. The predicted octanol–water partition coefficient (Wildman–Crippen LogP) is 3.92. The SMILES string of the molecule is C/C(=N/OCc1ccccc1)[C@H]1Cc2ccccc21. The maximum absolute atomic E-state index is 5.44. The van der Waals surface area contributed by atoms with Crippen molar-refractivity contribution in [3.63, 3.8) is 0 Å². The summed E-state index contributed by atoms with van der Waals surface area (Å²) in [7, 11) is 0. The van der Waals surface area contributed by atoms with E-state index in [9.17, 15) is 0 Å². The Morgan fingerprint density at radius 2 is 1.84 bits per heavy atom. The van der Waals surface area contributed by atoms with Crippen LogP contribution in [0.5, 0.6) is 0 Å². The summed E-state index contributed by atoms with van der Waals surface area (Å²) in [4.78, 5) is 5.44. The highest BCUT2D eigenvalue weighted by molar-refractivity contribution is 5.91. The first-order valence-electron chi connectivity index (χ1n) is 6.63. The smallest absolute Gasteiger partial charge is 0.142 e. The quantitative estimate of drug-likeness (QED) is 0.596. The summed E-state index contributed by atoms with van der Waals surface area (Å²) >= 11 is 0. The number of oxime groups is 1. The molecule has 0 aliphatic heterocycles. The van der Waals surface area contributed by atoms with Crippen LogP contribution in [0.3, 0.4) is 0 Å². The van der Waals surface area contributed by atoms with Crippen LogP contribution in [0.15, 0.2) is 59.8 Å². The number of benzene rings is 2. The van der Waals surface area contributed by atoms with Gasteiger partial charge in [-0.3, -0.25) is 0 Å². The molecule has 1 aliphatic carbocycles. The molecule has 2 nitrogen and oxygen atoms in total. The Kier molecular flexibility index (Phi) is 3.32. The Labute approximate surface area is 113 Å². The highest BCUT2D eigenvalue weighted by Crippen LogP contribution is 2.35. The van der Waals surface area contributed by atoms with Crippen LogP contribution >= 0.6 is 0 Å². The average Bonchev–Trinajstić information content (AvgIpc) is 2.41. The van der Waals surface area contributed by atoms with Crippen LogP contribution in [0.1, 0.15) is 29.5 Å². The molecular weight excluding hydrogens is 234 g/mol. The summed E-state index contributed by atoms with van der Waals surface area (Å²) in [5.74, 6) is 0.437. The summed E-state index contributed by atoms with van der Waals surface area (Å²) in [6.07, 6.45) is 1.08. The van der Waals surface area contributed by atoms with Gasteiger partial charge in [0.2, 0.25) is 0 Å². The van der Waals surface area contributed by atoms with E-state index in [1.165, 1.54) is 11.1 Å². The van der Waals surface area contributed by atoms with Crippen molar-refractivity contribution in [2.24, 2.45) is 5.16 Å². The molecular formula is C17H17NO. The summed E-state index contributed by atoms with van der Waals surface area (Å²) in [5, 5.41) is 4.26. The topological polar surface area (TPSA) is 21.6 Å². The van der Waals surface area contributed by atoms with Gasteiger partial charge in [0.25, 0.3) is 0 Å². The van der Waals surface area contributed by atoms with Crippen LogP contribution in [-0.4, -0.2) is 5.71 Å². The molecule has 1 atom stereocenters. The molecule has 0 bridgehead atoms. The third kappa shape index (κ3) is 2.53. The van der Waals surface area contributed by atoms with Gasteiger partial charge in [0.05, 0.1) is 5.71 Å². The van der Waals surface area contributed by atoms with Crippen LogP contribution in [-0.2, 0) is 17.9 Å². The van der Waals surface area contributed by atoms with Gasteiger partial charge < -0.3 is 4.84 Å². The van der Waals surface area contributed by atoms with E-state index in [0.717, 1.165) is 17.7 Å². The largest absolute Gasteiger partial charge is 0.391 e. The minimum Gasteiger partial charge on any atom is -0.391 e. The summed E-state index contributed by atoms with van der Waals surface area (Å²) in [5.41, 5.74) is 5.04. The zero-order valence-electron chi connectivity index (χ0n) is 11.0. The number of rotatable bonds is 4. The molecule has 0 N–H and O–H groups in total. The number of fused-ring (bicyclic) bond motifs is 1. The van der Waals surface area contributed by atoms with Crippen molar-refractivity contribution in [2.45, 2.75) is 25.9 Å². The molecule has 0 amide bonds. The summed E-state index contributed by atoms with van der Waals surface area (Å²) in [6.45, 7) is 2.58. The van der Waals surface area contributed by atoms with Crippen LogP contribution in [0.25, 0.3) is 0 Å². The Bertz CT molecular complexity index is 589. The Balaban J connectivity index is 1.60. The van der Waals surface area contributed by atoms with Crippen molar-refractivity contribution in [2.75, 3.05) is 0 Å². The van der Waals surface area contributed by atoms with Crippen LogP contribution in [0, 0.1) is 0 Å². The van der Waals surface area contributed by atoms with Gasteiger partial charge in [0.15, 0.2) is 0 Å². The van der Waals surface area contributed by atoms with Gasteiger partial charge in [-0.2, -0.15) is 0 Å². The van der Waals surface area contributed by atoms with Crippen molar-refractivity contribution in [1.82, 2.24) is 0 Å². The fourth-order valence-electron chi connectivity index (χ4n) is 2.48. The number of hydrogen-bond donors (Lipinski definition) is 0. The van der Waals surface area contributed by atoms with Gasteiger partial charge in [-0.1, -0.05) is 59.8 Å². The van der Waals surface area contributed by atoms with E-state index in [4.69, 9.17) is 4.84 Å². The minimum atomic E-state index is 0.437. The van der Waals surface area contributed by atoms with Crippen LogP contribution in [0.2, 0.25) is 0 Å². The highest BCUT2D eigenvalue weighted by atomic mass is 16.6. The van der Waals surface area contributed by atoms with Gasteiger partial charge in [-0.25, -0.2) is 0 Å².